The van der Waals surface area contributed by atoms with Gasteiger partial charge in [-0.1, -0.05) is 24.1 Å². The number of carboxylic acid groups (broad SMARTS) is 1. The number of nitrogens with zero attached hydrogens (tertiary/aromatic N) is 1. The number of carbonyl (C=O) groups is 2. The minimum atomic E-state index is -0.856. The van der Waals surface area contributed by atoms with Crippen molar-refractivity contribution < 1.29 is 19.1 Å². The Hall–Kier alpha value is -1.62. The van der Waals surface area contributed by atoms with Gasteiger partial charge in [0.1, 0.15) is 0 Å². The van der Waals surface area contributed by atoms with Crippen molar-refractivity contribution in [3.05, 3.63) is 34.6 Å². The van der Waals surface area contributed by atoms with E-state index >= 15 is 0 Å². The smallest absolute Gasteiger partial charge is 0.311 e. The second-order valence-electron chi connectivity index (χ2n) is 5.84. The molecule has 1 N–H and O–H groups in total. The highest BCUT2D eigenvalue weighted by atomic mass is 35.5. The van der Waals surface area contributed by atoms with Crippen molar-refractivity contribution in [2.75, 3.05) is 13.1 Å². The Labute approximate surface area is 126 Å². The fourth-order valence-electron chi connectivity index (χ4n) is 3.63. The maximum atomic E-state index is 14.0. The van der Waals surface area contributed by atoms with E-state index in [2.05, 4.69) is 0 Å². The number of carbonyl (C=O) groups excluding carboxylic acids is 1. The fourth-order valence-corrected chi connectivity index (χ4v) is 3.81. The number of hydrogen-bond donors (Lipinski definition) is 1. The zero-order valence-corrected chi connectivity index (χ0v) is 12.1. The summed E-state index contributed by atoms with van der Waals surface area (Å²) in [6.45, 7) is 0.523. The van der Waals surface area contributed by atoms with E-state index in [4.69, 9.17) is 11.6 Å². The van der Waals surface area contributed by atoms with E-state index in [0.29, 0.717) is 13.0 Å². The highest BCUT2D eigenvalue weighted by Gasteiger charge is 2.55. The standard InChI is InChI=1S/C15H15ClFNO3/c16-11-5-1-4-10(12(11)17)13(19)18-7-9-3-2-6-15(9,8-18)14(20)21/h1,4-5,9H,2-3,6-8H2,(H,20,21)/t9-,15+/m0/s1. The second-order valence-corrected chi connectivity index (χ2v) is 6.24. The number of amides is 1. The lowest BCUT2D eigenvalue weighted by molar-refractivity contribution is -0.149. The fraction of sp³-hybridized carbons (Fsp3) is 0.467. The molecule has 6 heteroatoms. The van der Waals surface area contributed by atoms with Gasteiger partial charge in [-0.2, -0.15) is 0 Å². The first-order valence-corrected chi connectivity index (χ1v) is 7.30. The maximum absolute atomic E-state index is 14.0. The van der Waals surface area contributed by atoms with E-state index in [1.807, 2.05) is 0 Å². The number of benzene rings is 1. The van der Waals surface area contributed by atoms with Gasteiger partial charge in [-0.25, -0.2) is 4.39 Å². The Kier molecular flexibility index (Phi) is 3.40. The van der Waals surface area contributed by atoms with Crippen LogP contribution in [0.15, 0.2) is 18.2 Å². The van der Waals surface area contributed by atoms with Crippen molar-refractivity contribution >= 4 is 23.5 Å². The second kappa shape index (κ2) is 4.98. The highest BCUT2D eigenvalue weighted by Crippen LogP contribution is 2.49. The van der Waals surface area contributed by atoms with Gasteiger partial charge < -0.3 is 10.0 Å². The third kappa shape index (κ3) is 2.11. The van der Waals surface area contributed by atoms with Crippen LogP contribution in [0.5, 0.6) is 0 Å². The molecule has 1 saturated heterocycles. The first-order chi connectivity index (χ1) is 9.95. The predicted molar refractivity (Wildman–Crippen MR) is 74.7 cm³/mol. The van der Waals surface area contributed by atoms with Crippen molar-refractivity contribution in [2.45, 2.75) is 19.3 Å². The Bertz CT molecular complexity index is 621. The van der Waals surface area contributed by atoms with Crippen LogP contribution in [-0.4, -0.2) is 35.0 Å². The Morgan fingerprint density at radius 3 is 2.86 bits per heavy atom. The number of rotatable bonds is 2. The molecule has 1 aromatic carbocycles. The van der Waals surface area contributed by atoms with Gasteiger partial charge in [-0.3, -0.25) is 9.59 Å². The van der Waals surface area contributed by atoms with Gasteiger partial charge in [0, 0.05) is 13.1 Å². The molecule has 0 bridgehead atoms. The molecule has 1 aliphatic carbocycles. The molecule has 21 heavy (non-hydrogen) atoms. The van der Waals surface area contributed by atoms with Gasteiger partial charge in [-0.15, -0.1) is 0 Å². The summed E-state index contributed by atoms with van der Waals surface area (Å²) in [7, 11) is 0. The molecular weight excluding hydrogens is 297 g/mol. The largest absolute Gasteiger partial charge is 0.481 e. The van der Waals surface area contributed by atoms with E-state index in [9.17, 15) is 19.1 Å². The van der Waals surface area contributed by atoms with E-state index in [1.165, 1.54) is 23.1 Å². The van der Waals surface area contributed by atoms with Gasteiger partial charge in [0.25, 0.3) is 5.91 Å². The molecule has 0 spiro atoms. The summed E-state index contributed by atoms with van der Waals surface area (Å²) in [6.07, 6.45) is 2.24. The summed E-state index contributed by atoms with van der Waals surface area (Å²) in [4.78, 5) is 25.5. The monoisotopic (exact) mass is 311 g/mol. The van der Waals surface area contributed by atoms with Crippen molar-refractivity contribution in [2.24, 2.45) is 11.3 Å². The van der Waals surface area contributed by atoms with Gasteiger partial charge in [-0.05, 0) is 30.9 Å². The molecule has 3 rings (SSSR count). The summed E-state index contributed by atoms with van der Waals surface area (Å²) in [5, 5.41) is 9.41. The summed E-state index contributed by atoms with van der Waals surface area (Å²) in [5.41, 5.74) is -0.951. The van der Waals surface area contributed by atoms with Gasteiger partial charge in [0.05, 0.1) is 16.0 Å². The highest BCUT2D eigenvalue weighted by molar-refractivity contribution is 6.31. The van der Waals surface area contributed by atoms with Crippen LogP contribution in [0.2, 0.25) is 5.02 Å². The third-order valence-corrected chi connectivity index (χ3v) is 5.06. The maximum Gasteiger partial charge on any atom is 0.311 e. The number of likely N-dealkylation sites (tertiary alicyclic amines) is 1. The van der Waals surface area contributed by atoms with Crippen LogP contribution < -0.4 is 0 Å². The Morgan fingerprint density at radius 2 is 2.19 bits per heavy atom. The minimum absolute atomic E-state index is 0.0406. The van der Waals surface area contributed by atoms with Gasteiger partial charge in [0.15, 0.2) is 5.82 Å². The number of halogens is 2. The van der Waals surface area contributed by atoms with Crippen LogP contribution in [-0.2, 0) is 4.79 Å². The molecule has 2 atom stereocenters. The number of fused-ring (bicyclic) bond motifs is 1. The lowest BCUT2D eigenvalue weighted by atomic mass is 9.81. The van der Waals surface area contributed by atoms with E-state index in [0.717, 1.165) is 12.8 Å². The van der Waals surface area contributed by atoms with E-state index < -0.39 is 23.1 Å². The molecule has 1 saturated carbocycles. The van der Waals surface area contributed by atoms with Crippen LogP contribution in [0.4, 0.5) is 4.39 Å². The quantitative estimate of drug-likeness (QED) is 0.913. The SMILES string of the molecule is O=C(c1cccc(Cl)c1F)N1C[C@@H]2CCC[C@@]2(C(=O)O)C1. The molecule has 0 radical (unpaired) electrons. The Morgan fingerprint density at radius 1 is 1.43 bits per heavy atom. The number of aliphatic carboxylic acids is 1. The summed E-state index contributed by atoms with van der Waals surface area (Å²) < 4.78 is 14.0. The van der Waals surface area contributed by atoms with E-state index in [-0.39, 0.29) is 23.0 Å². The predicted octanol–water partition coefficient (Wildman–Crippen LogP) is 2.81. The lowest BCUT2D eigenvalue weighted by Crippen LogP contribution is -2.37. The molecule has 1 heterocycles. The molecule has 1 aliphatic heterocycles. The number of carboxylic acids is 1. The molecule has 0 aromatic heterocycles. The summed E-state index contributed by atoms with van der Waals surface area (Å²) in [5.74, 6) is -2.12. The number of hydrogen-bond acceptors (Lipinski definition) is 2. The molecule has 2 aliphatic rings. The van der Waals surface area contributed by atoms with Gasteiger partial charge in [0.2, 0.25) is 0 Å². The minimum Gasteiger partial charge on any atom is -0.481 e. The molecule has 1 amide bonds. The van der Waals surface area contributed by atoms with Crippen LogP contribution in [0.3, 0.4) is 0 Å². The topological polar surface area (TPSA) is 57.6 Å². The van der Waals surface area contributed by atoms with Crippen molar-refractivity contribution in [1.29, 1.82) is 0 Å². The zero-order valence-electron chi connectivity index (χ0n) is 11.3. The normalized spacial score (nSPS) is 27.7. The molecule has 112 valence electrons. The summed E-state index contributed by atoms with van der Waals surface area (Å²) in [6, 6.07) is 4.28. The molecular formula is C15H15ClFNO3. The van der Waals surface area contributed by atoms with Crippen molar-refractivity contribution in [3.63, 3.8) is 0 Å². The van der Waals surface area contributed by atoms with Crippen LogP contribution in [0, 0.1) is 17.2 Å². The summed E-state index contributed by atoms with van der Waals surface area (Å²) >= 11 is 5.70. The average molecular weight is 312 g/mol. The molecule has 1 aromatic rings. The molecule has 2 fully saturated rings. The van der Waals surface area contributed by atoms with Crippen LogP contribution in [0.25, 0.3) is 0 Å². The third-order valence-electron chi connectivity index (χ3n) is 4.77. The molecule has 4 nitrogen and oxygen atoms in total. The Balaban J connectivity index is 1.88. The van der Waals surface area contributed by atoms with Crippen molar-refractivity contribution in [1.82, 2.24) is 4.90 Å². The average Bonchev–Trinajstić information content (AvgIpc) is 2.98. The molecule has 0 unspecified atom stereocenters. The van der Waals surface area contributed by atoms with Crippen molar-refractivity contribution in [3.8, 4) is 0 Å². The first kappa shape index (κ1) is 14.3. The zero-order chi connectivity index (χ0) is 15.2. The first-order valence-electron chi connectivity index (χ1n) is 6.92. The van der Waals surface area contributed by atoms with Crippen LogP contribution >= 0.6 is 11.6 Å². The van der Waals surface area contributed by atoms with E-state index in [1.54, 1.807) is 0 Å². The van der Waals surface area contributed by atoms with Crippen LogP contribution in [0.1, 0.15) is 29.6 Å². The van der Waals surface area contributed by atoms with Gasteiger partial charge >= 0.3 is 5.97 Å². The lowest BCUT2D eigenvalue weighted by Gasteiger charge is -2.23.